The van der Waals surface area contributed by atoms with Crippen molar-refractivity contribution in [2.75, 3.05) is 0 Å². The van der Waals surface area contributed by atoms with Crippen molar-refractivity contribution >= 4 is 21.8 Å². The van der Waals surface area contributed by atoms with E-state index in [0.717, 1.165) is 6.07 Å². The SMILES string of the molecule is N/C(=N/O)c1cccnc1Oc1cc(Br)cc(F)c1F. The number of nitrogens with zero attached hydrogens (tertiary/aromatic N) is 2. The van der Waals surface area contributed by atoms with Gasteiger partial charge in [-0.1, -0.05) is 21.1 Å². The van der Waals surface area contributed by atoms with Gasteiger partial charge in [0.2, 0.25) is 11.7 Å². The van der Waals surface area contributed by atoms with Crippen LogP contribution < -0.4 is 10.5 Å². The van der Waals surface area contributed by atoms with E-state index >= 15 is 0 Å². The summed E-state index contributed by atoms with van der Waals surface area (Å²) in [5.74, 6) is -2.98. The number of halogens is 3. The Hall–Kier alpha value is -2.22. The standard InChI is InChI=1S/C12H8BrF2N3O2/c13-6-4-8(14)10(15)9(5-6)20-12-7(11(16)18-19)2-1-3-17-12/h1-5,19H,(H2,16,18). The second-order valence-electron chi connectivity index (χ2n) is 3.64. The number of rotatable bonds is 3. The molecule has 5 nitrogen and oxygen atoms in total. The first-order valence-electron chi connectivity index (χ1n) is 5.28. The van der Waals surface area contributed by atoms with Gasteiger partial charge in [0.25, 0.3) is 0 Å². The van der Waals surface area contributed by atoms with E-state index in [0.29, 0.717) is 4.47 Å². The number of oxime groups is 1. The number of hydrogen-bond donors (Lipinski definition) is 2. The molecule has 0 saturated carbocycles. The lowest BCUT2D eigenvalue weighted by molar-refractivity contribution is 0.318. The molecule has 0 bridgehead atoms. The molecule has 0 aliphatic heterocycles. The Labute approximate surface area is 120 Å². The number of ether oxygens (including phenoxy) is 1. The van der Waals surface area contributed by atoms with Crippen molar-refractivity contribution in [1.29, 1.82) is 0 Å². The Morgan fingerprint density at radius 1 is 1.40 bits per heavy atom. The molecule has 104 valence electrons. The van der Waals surface area contributed by atoms with Gasteiger partial charge in [-0.2, -0.15) is 4.39 Å². The van der Waals surface area contributed by atoms with Gasteiger partial charge in [-0.05, 0) is 24.3 Å². The molecule has 0 fully saturated rings. The Morgan fingerprint density at radius 2 is 2.15 bits per heavy atom. The van der Waals surface area contributed by atoms with E-state index < -0.39 is 11.6 Å². The smallest absolute Gasteiger partial charge is 0.230 e. The summed E-state index contributed by atoms with van der Waals surface area (Å²) in [5.41, 5.74) is 5.60. The zero-order valence-corrected chi connectivity index (χ0v) is 11.4. The Balaban J connectivity index is 2.46. The van der Waals surface area contributed by atoms with Crippen molar-refractivity contribution < 1.29 is 18.7 Å². The summed E-state index contributed by atoms with van der Waals surface area (Å²) >= 11 is 3.03. The van der Waals surface area contributed by atoms with Crippen LogP contribution in [0, 0.1) is 11.6 Å². The molecule has 0 aliphatic rings. The van der Waals surface area contributed by atoms with Crippen LogP contribution in [0.2, 0.25) is 0 Å². The number of nitrogens with two attached hydrogens (primary N) is 1. The van der Waals surface area contributed by atoms with Crippen molar-refractivity contribution in [2.45, 2.75) is 0 Å². The second-order valence-corrected chi connectivity index (χ2v) is 4.56. The van der Waals surface area contributed by atoms with Crippen molar-refractivity contribution in [3.63, 3.8) is 0 Å². The predicted octanol–water partition coefficient (Wildman–Crippen LogP) is 3.01. The summed E-state index contributed by atoms with van der Waals surface area (Å²) in [6.07, 6.45) is 1.37. The summed E-state index contributed by atoms with van der Waals surface area (Å²) in [4.78, 5) is 3.84. The Bertz CT molecular complexity index is 680. The Morgan fingerprint density at radius 3 is 2.85 bits per heavy atom. The molecule has 0 radical (unpaired) electrons. The van der Waals surface area contributed by atoms with Crippen molar-refractivity contribution in [2.24, 2.45) is 10.9 Å². The molecule has 1 aromatic heterocycles. The highest BCUT2D eigenvalue weighted by atomic mass is 79.9. The summed E-state index contributed by atoms with van der Waals surface area (Å²) in [6, 6.07) is 5.19. The molecule has 1 heterocycles. The van der Waals surface area contributed by atoms with Gasteiger partial charge >= 0.3 is 0 Å². The maximum atomic E-state index is 13.6. The minimum Gasteiger partial charge on any atom is -0.435 e. The minimum atomic E-state index is -1.16. The molecule has 2 aromatic rings. The topological polar surface area (TPSA) is 80.7 Å². The minimum absolute atomic E-state index is 0.112. The van der Waals surface area contributed by atoms with Crippen molar-refractivity contribution in [1.82, 2.24) is 4.98 Å². The van der Waals surface area contributed by atoms with Crippen LogP contribution in [0.3, 0.4) is 0 Å². The first-order valence-corrected chi connectivity index (χ1v) is 6.07. The fourth-order valence-corrected chi connectivity index (χ4v) is 1.84. The van der Waals surface area contributed by atoms with Gasteiger partial charge in [-0.15, -0.1) is 0 Å². The zero-order valence-electron chi connectivity index (χ0n) is 9.85. The summed E-state index contributed by atoms with van der Waals surface area (Å²) in [5, 5.41) is 11.5. The maximum absolute atomic E-state index is 13.6. The van der Waals surface area contributed by atoms with Crippen LogP contribution in [0.4, 0.5) is 8.78 Å². The van der Waals surface area contributed by atoms with Crippen LogP contribution in [0.15, 0.2) is 40.1 Å². The second kappa shape index (κ2) is 5.83. The average Bonchev–Trinajstić information content (AvgIpc) is 2.44. The van der Waals surface area contributed by atoms with Gasteiger partial charge in [-0.3, -0.25) is 0 Å². The van der Waals surface area contributed by atoms with E-state index in [2.05, 4.69) is 26.1 Å². The molecule has 20 heavy (non-hydrogen) atoms. The molecule has 3 N–H and O–H groups in total. The number of benzene rings is 1. The molecule has 0 atom stereocenters. The third kappa shape index (κ3) is 2.85. The van der Waals surface area contributed by atoms with E-state index in [1.54, 1.807) is 0 Å². The molecular weight excluding hydrogens is 336 g/mol. The largest absolute Gasteiger partial charge is 0.435 e. The van der Waals surface area contributed by atoms with Gasteiger partial charge in [0.1, 0.15) is 0 Å². The number of hydrogen-bond acceptors (Lipinski definition) is 4. The van der Waals surface area contributed by atoms with E-state index in [1.807, 2.05) is 0 Å². The molecule has 0 saturated heterocycles. The number of aromatic nitrogens is 1. The predicted molar refractivity (Wildman–Crippen MR) is 70.9 cm³/mol. The lowest BCUT2D eigenvalue weighted by Gasteiger charge is -2.10. The molecule has 0 unspecified atom stereocenters. The van der Waals surface area contributed by atoms with E-state index in [-0.39, 0.29) is 23.0 Å². The highest BCUT2D eigenvalue weighted by molar-refractivity contribution is 9.10. The van der Waals surface area contributed by atoms with Gasteiger partial charge in [0.15, 0.2) is 17.4 Å². The van der Waals surface area contributed by atoms with E-state index in [4.69, 9.17) is 15.7 Å². The van der Waals surface area contributed by atoms with Gasteiger partial charge < -0.3 is 15.7 Å². The molecule has 1 aromatic carbocycles. The lowest BCUT2D eigenvalue weighted by atomic mass is 10.2. The maximum Gasteiger partial charge on any atom is 0.230 e. The zero-order chi connectivity index (χ0) is 14.7. The summed E-state index contributed by atoms with van der Waals surface area (Å²) in [7, 11) is 0. The normalized spacial score (nSPS) is 11.4. The van der Waals surface area contributed by atoms with Crippen LogP contribution in [0.1, 0.15) is 5.56 Å². The monoisotopic (exact) mass is 343 g/mol. The molecular formula is C12H8BrF2N3O2. The van der Waals surface area contributed by atoms with Gasteiger partial charge in [-0.25, -0.2) is 9.37 Å². The molecule has 0 aliphatic carbocycles. The van der Waals surface area contributed by atoms with Crippen LogP contribution in [-0.2, 0) is 0 Å². The summed E-state index contributed by atoms with van der Waals surface area (Å²) < 4.78 is 32.4. The van der Waals surface area contributed by atoms with Crippen LogP contribution >= 0.6 is 15.9 Å². The van der Waals surface area contributed by atoms with Crippen LogP contribution in [-0.4, -0.2) is 16.0 Å². The molecule has 2 rings (SSSR count). The average molecular weight is 344 g/mol. The third-order valence-electron chi connectivity index (χ3n) is 2.32. The lowest BCUT2D eigenvalue weighted by Crippen LogP contribution is -2.14. The Kier molecular flexibility index (Phi) is 4.14. The van der Waals surface area contributed by atoms with Crippen LogP contribution in [0.25, 0.3) is 0 Å². The first kappa shape index (κ1) is 14.2. The fourth-order valence-electron chi connectivity index (χ4n) is 1.43. The van der Waals surface area contributed by atoms with Crippen LogP contribution in [0.5, 0.6) is 11.6 Å². The molecule has 0 spiro atoms. The summed E-state index contributed by atoms with van der Waals surface area (Å²) in [6.45, 7) is 0. The van der Waals surface area contributed by atoms with Crippen molar-refractivity contribution in [3.8, 4) is 11.6 Å². The van der Waals surface area contributed by atoms with Crippen molar-refractivity contribution in [3.05, 3.63) is 52.1 Å². The number of amidine groups is 1. The first-order chi connectivity index (χ1) is 9.52. The highest BCUT2D eigenvalue weighted by Gasteiger charge is 2.16. The quantitative estimate of drug-likeness (QED) is 0.295. The van der Waals surface area contributed by atoms with E-state index in [9.17, 15) is 8.78 Å². The van der Waals surface area contributed by atoms with Gasteiger partial charge in [0.05, 0.1) is 5.56 Å². The molecule has 0 amide bonds. The third-order valence-corrected chi connectivity index (χ3v) is 2.78. The number of pyridine rings is 1. The highest BCUT2D eigenvalue weighted by Crippen LogP contribution is 2.30. The molecule has 8 heteroatoms. The van der Waals surface area contributed by atoms with E-state index in [1.165, 1.54) is 24.4 Å². The fraction of sp³-hybridized carbons (Fsp3) is 0. The van der Waals surface area contributed by atoms with Gasteiger partial charge in [0, 0.05) is 10.7 Å².